The SMILES string of the molecule is CC(C)Oc1ccccc1NS(=O)(=O)c1cc(C(N)=O)n(C)c1. The van der Waals surface area contributed by atoms with Crippen LogP contribution in [-0.4, -0.2) is 25.0 Å². The predicted molar refractivity (Wildman–Crippen MR) is 86.9 cm³/mol. The van der Waals surface area contributed by atoms with Gasteiger partial charge in [0.1, 0.15) is 16.3 Å². The van der Waals surface area contributed by atoms with Crippen molar-refractivity contribution in [3.8, 4) is 5.75 Å². The summed E-state index contributed by atoms with van der Waals surface area (Å²) < 4.78 is 34.4. The van der Waals surface area contributed by atoms with Crippen LogP contribution in [-0.2, 0) is 17.1 Å². The number of benzene rings is 1. The van der Waals surface area contributed by atoms with E-state index in [9.17, 15) is 13.2 Å². The lowest BCUT2D eigenvalue weighted by Gasteiger charge is -2.15. The summed E-state index contributed by atoms with van der Waals surface area (Å²) in [5, 5.41) is 0. The number of carbonyl (C=O) groups excluding carboxylic acids is 1. The number of hydrogen-bond acceptors (Lipinski definition) is 4. The monoisotopic (exact) mass is 337 g/mol. The van der Waals surface area contributed by atoms with Gasteiger partial charge in [-0.05, 0) is 32.0 Å². The van der Waals surface area contributed by atoms with Crippen molar-refractivity contribution in [3.63, 3.8) is 0 Å². The summed E-state index contributed by atoms with van der Waals surface area (Å²) in [6.07, 6.45) is 1.23. The Morgan fingerprint density at radius 2 is 1.96 bits per heavy atom. The van der Waals surface area contributed by atoms with Crippen LogP contribution in [0.3, 0.4) is 0 Å². The second kappa shape index (κ2) is 6.33. The highest BCUT2D eigenvalue weighted by Crippen LogP contribution is 2.27. The molecule has 7 nitrogen and oxygen atoms in total. The number of para-hydroxylation sites is 2. The average molecular weight is 337 g/mol. The number of anilines is 1. The molecule has 1 aromatic carbocycles. The molecule has 1 aromatic heterocycles. The Balaban J connectivity index is 2.36. The van der Waals surface area contributed by atoms with Crippen molar-refractivity contribution in [2.24, 2.45) is 12.8 Å². The van der Waals surface area contributed by atoms with E-state index in [4.69, 9.17) is 10.5 Å². The number of rotatable bonds is 6. The van der Waals surface area contributed by atoms with Gasteiger partial charge in [-0.25, -0.2) is 8.42 Å². The molecule has 0 fully saturated rings. The Morgan fingerprint density at radius 3 is 2.52 bits per heavy atom. The van der Waals surface area contributed by atoms with Crippen molar-refractivity contribution in [1.82, 2.24) is 4.57 Å². The Hall–Kier alpha value is -2.48. The molecule has 8 heteroatoms. The molecular weight excluding hydrogens is 318 g/mol. The summed E-state index contributed by atoms with van der Waals surface area (Å²) in [7, 11) is -2.31. The zero-order valence-corrected chi connectivity index (χ0v) is 13.9. The molecule has 0 atom stereocenters. The number of nitrogens with zero attached hydrogens (tertiary/aromatic N) is 1. The molecule has 0 bridgehead atoms. The maximum absolute atomic E-state index is 12.5. The maximum Gasteiger partial charge on any atom is 0.265 e. The molecule has 0 aliphatic carbocycles. The molecule has 0 aliphatic rings. The molecule has 0 aliphatic heterocycles. The third kappa shape index (κ3) is 3.84. The highest BCUT2D eigenvalue weighted by atomic mass is 32.2. The van der Waals surface area contributed by atoms with Gasteiger partial charge in [0.15, 0.2) is 0 Å². The number of nitrogens with two attached hydrogens (primary N) is 1. The summed E-state index contributed by atoms with van der Waals surface area (Å²) >= 11 is 0. The number of amides is 1. The normalized spacial score (nSPS) is 11.5. The van der Waals surface area contributed by atoms with Gasteiger partial charge in [0.25, 0.3) is 15.9 Å². The van der Waals surface area contributed by atoms with Crippen molar-refractivity contribution in [2.45, 2.75) is 24.8 Å². The molecule has 2 rings (SSSR count). The summed E-state index contributed by atoms with van der Waals surface area (Å²) in [5.41, 5.74) is 5.64. The van der Waals surface area contributed by atoms with E-state index in [0.717, 1.165) is 0 Å². The molecule has 0 spiro atoms. The minimum atomic E-state index is -3.87. The van der Waals surface area contributed by atoms with E-state index in [-0.39, 0.29) is 16.7 Å². The fourth-order valence-electron chi connectivity index (χ4n) is 2.04. The van der Waals surface area contributed by atoms with Crippen LogP contribution in [0.4, 0.5) is 5.69 Å². The molecule has 2 aromatic rings. The van der Waals surface area contributed by atoms with Gasteiger partial charge in [0.05, 0.1) is 11.8 Å². The molecule has 0 saturated heterocycles. The summed E-state index contributed by atoms with van der Waals surface area (Å²) in [5.74, 6) is -0.269. The van der Waals surface area contributed by atoms with Crippen LogP contribution >= 0.6 is 0 Å². The van der Waals surface area contributed by atoms with E-state index in [1.165, 1.54) is 16.8 Å². The van der Waals surface area contributed by atoms with Crippen LogP contribution in [0.5, 0.6) is 5.75 Å². The summed E-state index contributed by atoms with van der Waals surface area (Å²) in [6.45, 7) is 3.70. The Bertz CT molecular complexity index is 825. The van der Waals surface area contributed by atoms with Gasteiger partial charge in [-0.15, -0.1) is 0 Å². The smallest absolute Gasteiger partial charge is 0.265 e. The lowest BCUT2D eigenvalue weighted by molar-refractivity contribution is 0.0992. The molecule has 3 N–H and O–H groups in total. The minimum absolute atomic E-state index is 0.0480. The van der Waals surface area contributed by atoms with E-state index >= 15 is 0 Å². The summed E-state index contributed by atoms with van der Waals surface area (Å²) in [6, 6.07) is 7.97. The van der Waals surface area contributed by atoms with Crippen molar-refractivity contribution < 1.29 is 17.9 Å². The largest absolute Gasteiger partial charge is 0.489 e. The van der Waals surface area contributed by atoms with Crippen molar-refractivity contribution in [1.29, 1.82) is 0 Å². The summed E-state index contributed by atoms with van der Waals surface area (Å²) in [4.78, 5) is 11.2. The molecule has 0 saturated carbocycles. The average Bonchev–Trinajstić information content (AvgIpc) is 2.83. The number of primary amides is 1. The first-order valence-electron chi connectivity index (χ1n) is 6.95. The molecule has 0 unspecified atom stereocenters. The molecule has 23 heavy (non-hydrogen) atoms. The number of sulfonamides is 1. The fourth-order valence-corrected chi connectivity index (χ4v) is 3.18. The number of ether oxygens (including phenoxy) is 1. The Morgan fingerprint density at radius 1 is 1.30 bits per heavy atom. The molecule has 0 radical (unpaired) electrons. The van der Waals surface area contributed by atoms with Gasteiger partial charge in [0.2, 0.25) is 0 Å². The highest BCUT2D eigenvalue weighted by Gasteiger charge is 2.21. The second-order valence-corrected chi connectivity index (χ2v) is 6.99. The van der Waals surface area contributed by atoms with Crippen LogP contribution in [0.2, 0.25) is 0 Å². The quantitative estimate of drug-likeness (QED) is 0.837. The first-order chi connectivity index (χ1) is 10.7. The number of aromatic nitrogens is 1. The van der Waals surface area contributed by atoms with Crippen LogP contribution in [0.1, 0.15) is 24.3 Å². The Kier molecular flexibility index (Phi) is 4.65. The van der Waals surface area contributed by atoms with Crippen LogP contribution in [0, 0.1) is 0 Å². The fraction of sp³-hybridized carbons (Fsp3) is 0.267. The van der Waals surface area contributed by atoms with Gasteiger partial charge in [-0.1, -0.05) is 12.1 Å². The lowest BCUT2D eigenvalue weighted by Crippen LogP contribution is -2.15. The zero-order chi connectivity index (χ0) is 17.2. The second-order valence-electron chi connectivity index (χ2n) is 5.30. The number of nitrogens with one attached hydrogen (secondary N) is 1. The van der Waals surface area contributed by atoms with E-state index in [0.29, 0.717) is 11.4 Å². The van der Waals surface area contributed by atoms with Gasteiger partial charge >= 0.3 is 0 Å². The molecule has 124 valence electrons. The van der Waals surface area contributed by atoms with Gasteiger partial charge in [-0.2, -0.15) is 0 Å². The van der Waals surface area contributed by atoms with Crippen molar-refractivity contribution in [2.75, 3.05) is 4.72 Å². The van der Waals surface area contributed by atoms with Crippen LogP contribution < -0.4 is 15.2 Å². The number of hydrogen-bond donors (Lipinski definition) is 2. The van der Waals surface area contributed by atoms with Gasteiger partial charge < -0.3 is 15.0 Å². The molecular formula is C15H19N3O4S. The third-order valence-electron chi connectivity index (χ3n) is 3.04. The van der Waals surface area contributed by atoms with E-state index in [2.05, 4.69) is 4.72 Å². The standard InChI is InChI=1S/C15H19N3O4S/c1-10(2)22-14-7-5-4-6-12(14)17-23(20,21)11-8-13(15(16)19)18(3)9-11/h4-10,17H,1-3H3,(H2,16,19). The first-order valence-corrected chi connectivity index (χ1v) is 8.43. The van der Waals surface area contributed by atoms with Crippen LogP contribution in [0.15, 0.2) is 41.4 Å². The number of carbonyl (C=O) groups is 1. The molecule has 1 amide bonds. The Labute approximate surface area is 135 Å². The maximum atomic E-state index is 12.5. The number of aryl methyl sites for hydroxylation is 1. The molecule has 1 heterocycles. The zero-order valence-electron chi connectivity index (χ0n) is 13.1. The van der Waals surface area contributed by atoms with E-state index < -0.39 is 15.9 Å². The van der Waals surface area contributed by atoms with Gasteiger partial charge in [0, 0.05) is 13.2 Å². The van der Waals surface area contributed by atoms with Crippen molar-refractivity contribution >= 4 is 21.6 Å². The predicted octanol–water partition coefficient (Wildman–Crippen LogP) is 1.71. The highest BCUT2D eigenvalue weighted by molar-refractivity contribution is 7.92. The first kappa shape index (κ1) is 16.9. The topological polar surface area (TPSA) is 103 Å². The third-order valence-corrected chi connectivity index (χ3v) is 4.37. The van der Waals surface area contributed by atoms with Crippen LogP contribution in [0.25, 0.3) is 0 Å². The van der Waals surface area contributed by atoms with E-state index in [1.54, 1.807) is 31.3 Å². The van der Waals surface area contributed by atoms with E-state index in [1.807, 2.05) is 13.8 Å². The van der Waals surface area contributed by atoms with Crippen molar-refractivity contribution in [3.05, 3.63) is 42.2 Å². The lowest BCUT2D eigenvalue weighted by atomic mass is 10.3. The minimum Gasteiger partial charge on any atom is -0.489 e. The van der Waals surface area contributed by atoms with Gasteiger partial charge in [-0.3, -0.25) is 9.52 Å².